The van der Waals surface area contributed by atoms with Gasteiger partial charge in [0.2, 0.25) is 0 Å². The van der Waals surface area contributed by atoms with Crippen LogP contribution in [0.25, 0.3) is 0 Å². The molecule has 0 aromatic carbocycles. The molecule has 0 spiro atoms. The molecule has 2 aromatic rings. The van der Waals surface area contributed by atoms with Gasteiger partial charge in [0.25, 0.3) is 10.0 Å². The molecule has 0 radical (unpaired) electrons. The Kier molecular flexibility index (Phi) is 2.89. The molecule has 0 amide bonds. The van der Waals surface area contributed by atoms with E-state index in [1.54, 1.807) is 27.7 Å². The quantitative estimate of drug-likeness (QED) is 0.878. The van der Waals surface area contributed by atoms with Crippen LogP contribution >= 0.6 is 0 Å². The van der Waals surface area contributed by atoms with E-state index in [0.717, 1.165) is 0 Å². The largest absolute Gasteiger partial charge is 0.360 e. The standard InChI is InChI=1S/C10H14N4O3S/c1-5-9(6(2)12-11-5)14-18(15,16)10-7(3)13-17-8(10)4/h14H,1-4H3,(H,11,12). The second kappa shape index (κ2) is 4.13. The van der Waals surface area contributed by atoms with Crippen molar-refractivity contribution in [3.8, 4) is 0 Å². The molecule has 98 valence electrons. The Balaban J connectivity index is 2.46. The zero-order chi connectivity index (χ0) is 13.5. The van der Waals surface area contributed by atoms with E-state index in [1.807, 2.05) is 0 Å². The summed E-state index contributed by atoms with van der Waals surface area (Å²) in [4.78, 5) is 0.0718. The monoisotopic (exact) mass is 270 g/mol. The molecule has 18 heavy (non-hydrogen) atoms. The number of aromatic nitrogens is 3. The molecule has 0 saturated carbocycles. The zero-order valence-electron chi connectivity index (χ0n) is 10.5. The Bertz CT molecular complexity index is 645. The Morgan fingerprint density at radius 1 is 1.17 bits per heavy atom. The van der Waals surface area contributed by atoms with E-state index in [2.05, 4.69) is 20.1 Å². The topological polar surface area (TPSA) is 101 Å². The summed E-state index contributed by atoms with van der Waals surface area (Å²) in [6, 6.07) is 0. The minimum atomic E-state index is -3.71. The summed E-state index contributed by atoms with van der Waals surface area (Å²) >= 11 is 0. The highest BCUT2D eigenvalue weighted by Gasteiger charge is 2.25. The highest BCUT2D eigenvalue weighted by molar-refractivity contribution is 7.92. The molecule has 2 heterocycles. The molecule has 2 aromatic heterocycles. The highest BCUT2D eigenvalue weighted by atomic mass is 32.2. The summed E-state index contributed by atoms with van der Waals surface area (Å²) in [5.41, 5.74) is 2.03. The first-order valence-corrected chi connectivity index (χ1v) is 6.78. The van der Waals surface area contributed by atoms with Crippen molar-refractivity contribution in [2.24, 2.45) is 0 Å². The fraction of sp³-hybridized carbons (Fsp3) is 0.400. The molecule has 2 rings (SSSR count). The van der Waals surface area contributed by atoms with Crippen molar-refractivity contribution >= 4 is 15.7 Å². The van der Waals surface area contributed by atoms with Crippen molar-refractivity contribution in [3.63, 3.8) is 0 Å². The molecule has 0 aliphatic rings. The van der Waals surface area contributed by atoms with E-state index in [9.17, 15) is 8.42 Å². The van der Waals surface area contributed by atoms with Crippen LogP contribution in [0.3, 0.4) is 0 Å². The SMILES string of the molecule is Cc1n[nH]c(C)c1NS(=O)(=O)c1c(C)noc1C. The van der Waals surface area contributed by atoms with Crippen LogP contribution in [-0.4, -0.2) is 23.8 Å². The average Bonchev–Trinajstić information content (AvgIpc) is 2.76. The molecule has 2 N–H and O–H groups in total. The number of aromatic amines is 1. The normalized spacial score (nSPS) is 11.8. The first-order chi connectivity index (χ1) is 8.33. The van der Waals surface area contributed by atoms with E-state index < -0.39 is 10.0 Å². The van der Waals surface area contributed by atoms with E-state index >= 15 is 0 Å². The van der Waals surface area contributed by atoms with Gasteiger partial charge in [0.05, 0.1) is 17.1 Å². The van der Waals surface area contributed by atoms with Gasteiger partial charge in [0, 0.05) is 0 Å². The minimum absolute atomic E-state index is 0.0718. The van der Waals surface area contributed by atoms with Gasteiger partial charge in [-0.15, -0.1) is 0 Å². The van der Waals surface area contributed by atoms with Crippen LogP contribution in [0.5, 0.6) is 0 Å². The number of nitrogens with zero attached hydrogens (tertiary/aromatic N) is 2. The summed E-state index contributed by atoms with van der Waals surface area (Å²) < 4.78 is 31.9. The Labute approximate surface area is 105 Å². The molecular formula is C10H14N4O3S. The second-order valence-corrected chi connectivity index (χ2v) is 5.69. The molecule has 0 bridgehead atoms. The van der Waals surface area contributed by atoms with Gasteiger partial charge in [-0.1, -0.05) is 5.16 Å². The predicted octanol–water partition coefficient (Wildman–Crippen LogP) is 1.43. The molecule has 7 nitrogen and oxygen atoms in total. The maximum absolute atomic E-state index is 12.3. The fourth-order valence-corrected chi connectivity index (χ4v) is 3.26. The first kappa shape index (κ1) is 12.6. The van der Waals surface area contributed by atoms with Crippen LogP contribution in [-0.2, 0) is 10.0 Å². The Hall–Kier alpha value is -1.83. The van der Waals surface area contributed by atoms with E-state index in [-0.39, 0.29) is 10.7 Å². The third-order valence-electron chi connectivity index (χ3n) is 2.60. The van der Waals surface area contributed by atoms with E-state index in [0.29, 0.717) is 22.8 Å². The Morgan fingerprint density at radius 2 is 1.83 bits per heavy atom. The average molecular weight is 270 g/mol. The molecule has 0 atom stereocenters. The molecule has 0 saturated heterocycles. The van der Waals surface area contributed by atoms with E-state index in [4.69, 9.17) is 4.52 Å². The van der Waals surface area contributed by atoms with Crippen molar-refractivity contribution in [1.29, 1.82) is 0 Å². The highest BCUT2D eigenvalue weighted by Crippen LogP contribution is 2.24. The number of hydrogen-bond acceptors (Lipinski definition) is 5. The predicted molar refractivity (Wildman–Crippen MR) is 64.8 cm³/mol. The number of H-pyrrole nitrogens is 1. The lowest BCUT2D eigenvalue weighted by Gasteiger charge is -2.07. The van der Waals surface area contributed by atoms with Gasteiger partial charge in [-0.25, -0.2) is 8.42 Å². The number of rotatable bonds is 3. The summed E-state index contributed by atoms with van der Waals surface area (Å²) in [5, 5.41) is 10.3. The molecule has 8 heteroatoms. The van der Waals surface area contributed by atoms with Crippen LogP contribution in [0.4, 0.5) is 5.69 Å². The van der Waals surface area contributed by atoms with Gasteiger partial charge in [-0.3, -0.25) is 9.82 Å². The van der Waals surface area contributed by atoms with Gasteiger partial charge in [-0.2, -0.15) is 5.10 Å². The molecular weight excluding hydrogens is 256 g/mol. The molecule has 0 aliphatic heterocycles. The number of sulfonamides is 1. The third kappa shape index (κ3) is 1.99. The summed E-state index contributed by atoms with van der Waals surface area (Å²) in [5.74, 6) is 0.263. The summed E-state index contributed by atoms with van der Waals surface area (Å²) in [6.07, 6.45) is 0. The van der Waals surface area contributed by atoms with Gasteiger partial charge in [-0.05, 0) is 27.7 Å². The number of anilines is 1. The lowest BCUT2D eigenvalue weighted by molar-refractivity contribution is 0.390. The van der Waals surface area contributed by atoms with Crippen molar-refractivity contribution in [1.82, 2.24) is 15.4 Å². The maximum atomic E-state index is 12.3. The van der Waals surface area contributed by atoms with Crippen LogP contribution in [0.15, 0.2) is 9.42 Å². The Morgan fingerprint density at radius 3 is 2.28 bits per heavy atom. The van der Waals surface area contributed by atoms with Crippen molar-refractivity contribution < 1.29 is 12.9 Å². The number of nitrogens with one attached hydrogen (secondary N) is 2. The van der Waals surface area contributed by atoms with Crippen LogP contribution in [0.1, 0.15) is 22.8 Å². The minimum Gasteiger partial charge on any atom is -0.360 e. The fourth-order valence-electron chi connectivity index (χ4n) is 1.74. The molecule has 0 unspecified atom stereocenters. The summed E-state index contributed by atoms with van der Waals surface area (Å²) in [7, 11) is -3.71. The lowest BCUT2D eigenvalue weighted by Crippen LogP contribution is -2.15. The third-order valence-corrected chi connectivity index (χ3v) is 4.19. The molecule has 0 fully saturated rings. The number of aryl methyl sites for hydroxylation is 4. The van der Waals surface area contributed by atoms with Crippen LogP contribution in [0, 0.1) is 27.7 Å². The van der Waals surface area contributed by atoms with Crippen molar-refractivity contribution in [3.05, 3.63) is 22.8 Å². The van der Waals surface area contributed by atoms with Crippen LogP contribution < -0.4 is 4.72 Å². The van der Waals surface area contributed by atoms with Gasteiger partial charge >= 0.3 is 0 Å². The van der Waals surface area contributed by atoms with Gasteiger partial charge < -0.3 is 4.52 Å². The first-order valence-electron chi connectivity index (χ1n) is 5.30. The van der Waals surface area contributed by atoms with Crippen molar-refractivity contribution in [2.75, 3.05) is 4.72 Å². The zero-order valence-corrected chi connectivity index (χ0v) is 11.3. The second-order valence-electron chi connectivity index (χ2n) is 4.07. The maximum Gasteiger partial charge on any atom is 0.267 e. The van der Waals surface area contributed by atoms with E-state index in [1.165, 1.54) is 0 Å². The number of hydrogen-bond donors (Lipinski definition) is 2. The van der Waals surface area contributed by atoms with Crippen LogP contribution in [0.2, 0.25) is 0 Å². The summed E-state index contributed by atoms with van der Waals surface area (Å²) in [6.45, 7) is 6.60. The van der Waals surface area contributed by atoms with Crippen molar-refractivity contribution in [2.45, 2.75) is 32.6 Å². The van der Waals surface area contributed by atoms with Gasteiger partial charge in [0.1, 0.15) is 5.69 Å². The lowest BCUT2D eigenvalue weighted by atomic mass is 10.3. The molecule has 0 aliphatic carbocycles. The smallest absolute Gasteiger partial charge is 0.267 e. The van der Waals surface area contributed by atoms with Gasteiger partial charge in [0.15, 0.2) is 10.7 Å².